The van der Waals surface area contributed by atoms with Crippen LogP contribution in [0.3, 0.4) is 0 Å². The minimum Gasteiger partial charge on any atom is -0.312 e. The first kappa shape index (κ1) is 11.4. The summed E-state index contributed by atoms with van der Waals surface area (Å²) in [6.07, 6.45) is 8.90. The molecule has 80 valence electrons. The monoisotopic (exact) mass is 204 g/mol. The predicted octanol–water partition coefficient (Wildman–Crippen LogP) is 2.63. The molecule has 1 heterocycles. The summed E-state index contributed by atoms with van der Waals surface area (Å²) in [6.45, 7) is 7.48. The molecule has 0 aromatic carbocycles. The third kappa shape index (κ3) is 2.91. The largest absolute Gasteiger partial charge is 0.312 e. The maximum Gasteiger partial charge on any atom is 0.176 e. The van der Waals surface area contributed by atoms with E-state index in [1.807, 2.05) is 6.08 Å². The van der Waals surface area contributed by atoms with Crippen molar-refractivity contribution in [1.82, 2.24) is 4.90 Å². The van der Waals surface area contributed by atoms with E-state index in [1.54, 1.807) is 30.4 Å². The molecule has 0 unspecified atom stereocenters. The standard InChI is InChI=1S/C12H16N2O/c1-4-5-6-12(11(3)15)14-8-7-13-9-10(14)2/h6-9H,2,4-5H2,1,3H3/b12-6-. The van der Waals surface area contributed by atoms with Crippen LogP contribution in [0.25, 0.3) is 0 Å². The molecule has 0 spiro atoms. The van der Waals surface area contributed by atoms with Gasteiger partial charge in [0.05, 0.1) is 17.6 Å². The fourth-order valence-corrected chi connectivity index (χ4v) is 1.32. The molecule has 0 radical (unpaired) electrons. The highest BCUT2D eigenvalue weighted by molar-refractivity contribution is 5.95. The maximum absolute atomic E-state index is 11.5. The zero-order valence-electron chi connectivity index (χ0n) is 9.23. The molecule has 3 nitrogen and oxygen atoms in total. The van der Waals surface area contributed by atoms with Crippen LogP contribution in [0.1, 0.15) is 26.7 Å². The Labute approximate surface area is 90.5 Å². The fourth-order valence-electron chi connectivity index (χ4n) is 1.32. The van der Waals surface area contributed by atoms with Crippen LogP contribution in [0.15, 0.2) is 41.4 Å². The van der Waals surface area contributed by atoms with E-state index in [0.29, 0.717) is 5.70 Å². The lowest BCUT2D eigenvalue weighted by molar-refractivity contribution is -0.114. The zero-order chi connectivity index (χ0) is 11.3. The van der Waals surface area contributed by atoms with Crippen LogP contribution in [0.2, 0.25) is 0 Å². The number of unbranched alkanes of at least 4 members (excludes halogenated alkanes) is 1. The smallest absolute Gasteiger partial charge is 0.176 e. The molecule has 0 N–H and O–H groups in total. The predicted molar refractivity (Wildman–Crippen MR) is 62.3 cm³/mol. The first-order valence-corrected chi connectivity index (χ1v) is 5.06. The number of aliphatic imine (C=N–C) groups is 1. The first-order valence-electron chi connectivity index (χ1n) is 5.06. The van der Waals surface area contributed by atoms with Crippen LogP contribution in [0.4, 0.5) is 0 Å². The molecule has 1 aliphatic rings. The summed E-state index contributed by atoms with van der Waals surface area (Å²) in [5.74, 6) is 0.0459. The SMILES string of the molecule is C=C1C=NC=CN1/C(=C\CCC)C(C)=O. The van der Waals surface area contributed by atoms with Gasteiger partial charge in [-0.3, -0.25) is 9.79 Å². The van der Waals surface area contributed by atoms with E-state index in [2.05, 4.69) is 18.5 Å². The highest BCUT2D eigenvalue weighted by atomic mass is 16.1. The van der Waals surface area contributed by atoms with Crippen molar-refractivity contribution in [2.24, 2.45) is 4.99 Å². The Morgan fingerprint density at radius 2 is 2.40 bits per heavy atom. The van der Waals surface area contributed by atoms with Gasteiger partial charge < -0.3 is 4.90 Å². The van der Waals surface area contributed by atoms with Crippen molar-refractivity contribution < 1.29 is 4.79 Å². The average Bonchev–Trinajstić information content (AvgIpc) is 2.20. The van der Waals surface area contributed by atoms with E-state index < -0.39 is 0 Å². The van der Waals surface area contributed by atoms with Crippen molar-refractivity contribution in [3.63, 3.8) is 0 Å². The molecule has 1 aliphatic heterocycles. The number of carbonyl (C=O) groups is 1. The lowest BCUT2D eigenvalue weighted by Gasteiger charge is -2.23. The molecule has 0 aromatic heterocycles. The summed E-state index contributed by atoms with van der Waals surface area (Å²) in [5.41, 5.74) is 1.39. The number of hydrogen-bond donors (Lipinski definition) is 0. The number of allylic oxidation sites excluding steroid dienone is 3. The van der Waals surface area contributed by atoms with Crippen LogP contribution in [-0.2, 0) is 4.79 Å². The van der Waals surface area contributed by atoms with Crippen molar-refractivity contribution in [3.05, 3.63) is 36.4 Å². The van der Waals surface area contributed by atoms with Crippen molar-refractivity contribution in [3.8, 4) is 0 Å². The fraction of sp³-hybridized carbons (Fsp3) is 0.333. The third-order valence-corrected chi connectivity index (χ3v) is 2.08. The Kier molecular flexibility index (Phi) is 4.03. The van der Waals surface area contributed by atoms with Gasteiger partial charge in [-0.25, -0.2) is 0 Å². The molecule has 3 heteroatoms. The summed E-state index contributed by atoms with van der Waals surface area (Å²) in [4.78, 5) is 17.2. The van der Waals surface area contributed by atoms with Gasteiger partial charge in [0.1, 0.15) is 0 Å². The molecular weight excluding hydrogens is 188 g/mol. The van der Waals surface area contributed by atoms with E-state index in [-0.39, 0.29) is 5.78 Å². The lowest BCUT2D eigenvalue weighted by Crippen LogP contribution is -2.22. The molecule has 0 bridgehead atoms. The number of hydrogen-bond acceptors (Lipinski definition) is 3. The van der Waals surface area contributed by atoms with Gasteiger partial charge in [-0.15, -0.1) is 0 Å². The van der Waals surface area contributed by atoms with Gasteiger partial charge in [0.2, 0.25) is 0 Å². The molecule has 15 heavy (non-hydrogen) atoms. The Morgan fingerprint density at radius 1 is 1.67 bits per heavy atom. The minimum absolute atomic E-state index is 0.0459. The summed E-state index contributed by atoms with van der Waals surface area (Å²) in [6, 6.07) is 0. The Hall–Kier alpha value is -1.64. The normalized spacial score (nSPS) is 16.0. The van der Waals surface area contributed by atoms with Gasteiger partial charge in [0.25, 0.3) is 0 Å². The second kappa shape index (κ2) is 5.29. The molecule has 0 atom stereocenters. The second-order valence-corrected chi connectivity index (χ2v) is 3.37. The molecule has 0 aliphatic carbocycles. The molecule has 0 aromatic rings. The summed E-state index contributed by atoms with van der Waals surface area (Å²) in [7, 11) is 0. The van der Waals surface area contributed by atoms with Gasteiger partial charge in [-0.2, -0.15) is 0 Å². The van der Waals surface area contributed by atoms with Crippen molar-refractivity contribution in [1.29, 1.82) is 0 Å². The van der Waals surface area contributed by atoms with Gasteiger partial charge in [0, 0.05) is 19.3 Å². The van der Waals surface area contributed by atoms with Crippen LogP contribution >= 0.6 is 0 Å². The first-order chi connectivity index (χ1) is 7.16. The van der Waals surface area contributed by atoms with Crippen LogP contribution in [0.5, 0.6) is 0 Å². The van der Waals surface area contributed by atoms with Crippen LogP contribution in [0, 0.1) is 0 Å². The van der Waals surface area contributed by atoms with Crippen molar-refractivity contribution in [2.45, 2.75) is 26.7 Å². The molecule has 1 rings (SSSR count). The van der Waals surface area contributed by atoms with Gasteiger partial charge in [-0.05, 0) is 6.42 Å². The van der Waals surface area contributed by atoms with E-state index in [1.165, 1.54) is 0 Å². The van der Waals surface area contributed by atoms with E-state index in [9.17, 15) is 4.79 Å². The quantitative estimate of drug-likeness (QED) is 0.659. The topological polar surface area (TPSA) is 32.7 Å². The molecule has 0 fully saturated rings. The Balaban J connectivity index is 2.90. The number of Topliss-reactive ketones (excluding diaryl/α,β-unsaturated/α-hetero) is 1. The summed E-state index contributed by atoms with van der Waals surface area (Å²) >= 11 is 0. The second-order valence-electron chi connectivity index (χ2n) is 3.37. The summed E-state index contributed by atoms with van der Waals surface area (Å²) in [5, 5.41) is 0. The summed E-state index contributed by atoms with van der Waals surface area (Å²) < 4.78 is 0. The number of ketones is 1. The van der Waals surface area contributed by atoms with Gasteiger partial charge in [0.15, 0.2) is 5.78 Å². The molecule has 0 saturated heterocycles. The molecular formula is C12H16N2O. The minimum atomic E-state index is 0.0459. The van der Waals surface area contributed by atoms with Crippen molar-refractivity contribution in [2.75, 3.05) is 0 Å². The van der Waals surface area contributed by atoms with E-state index >= 15 is 0 Å². The average molecular weight is 204 g/mol. The lowest BCUT2D eigenvalue weighted by atomic mass is 10.2. The highest BCUT2D eigenvalue weighted by Crippen LogP contribution is 2.16. The molecule has 0 amide bonds. The number of nitrogens with zero attached hydrogens (tertiary/aromatic N) is 2. The van der Waals surface area contributed by atoms with E-state index in [4.69, 9.17) is 0 Å². The van der Waals surface area contributed by atoms with Gasteiger partial charge in [-0.1, -0.05) is 26.0 Å². The third-order valence-electron chi connectivity index (χ3n) is 2.08. The van der Waals surface area contributed by atoms with Crippen molar-refractivity contribution >= 4 is 12.0 Å². The maximum atomic E-state index is 11.5. The van der Waals surface area contributed by atoms with Crippen LogP contribution < -0.4 is 0 Å². The number of rotatable bonds is 4. The highest BCUT2D eigenvalue weighted by Gasteiger charge is 2.14. The molecule has 0 saturated carbocycles. The zero-order valence-corrected chi connectivity index (χ0v) is 9.23. The van der Waals surface area contributed by atoms with E-state index in [0.717, 1.165) is 18.5 Å². The Morgan fingerprint density at radius 3 is 2.93 bits per heavy atom. The van der Waals surface area contributed by atoms with Crippen LogP contribution in [-0.4, -0.2) is 16.9 Å². The number of carbonyl (C=O) groups excluding carboxylic acids is 1. The Bertz CT molecular complexity index is 351. The van der Waals surface area contributed by atoms with Gasteiger partial charge >= 0.3 is 0 Å².